The first-order chi connectivity index (χ1) is 10.5. The van der Waals surface area contributed by atoms with E-state index < -0.39 is 11.2 Å². The van der Waals surface area contributed by atoms with E-state index in [9.17, 15) is 15.0 Å². The molecule has 1 aliphatic heterocycles. The van der Waals surface area contributed by atoms with Gasteiger partial charge in [-0.15, -0.1) is 0 Å². The van der Waals surface area contributed by atoms with Gasteiger partial charge in [0.15, 0.2) is 0 Å². The fraction of sp³-hybridized carbons (Fsp3) is 0.824. The summed E-state index contributed by atoms with van der Waals surface area (Å²) in [7, 11) is 1.64. The van der Waals surface area contributed by atoms with Crippen molar-refractivity contribution in [3.8, 4) is 0 Å². The molecule has 2 N–H and O–H groups in total. The summed E-state index contributed by atoms with van der Waals surface area (Å²) in [5.41, 5.74) is -0.277. The molecule has 0 aromatic heterocycles. The first-order valence-electron chi connectivity index (χ1n) is 8.28. The summed E-state index contributed by atoms with van der Waals surface area (Å²) >= 11 is 0. The van der Waals surface area contributed by atoms with Crippen LogP contribution in [-0.2, 0) is 14.3 Å². The van der Waals surface area contributed by atoms with E-state index in [1.807, 2.05) is 0 Å². The lowest BCUT2D eigenvalue weighted by molar-refractivity contribution is -0.230. The van der Waals surface area contributed by atoms with Crippen LogP contribution in [0.1, 0.15) is 38.5 Å². The van der Waals surface area contributed by atoms with Crippen molar-refractivity contribution in [2.45, 2.75) is 61.9 Å². The summed E-state index contributed by atoms with van der Waals surface area (Å²) in [4.78, 5) is 11.4. The largest absolute Gasteiger partial charge is 0.387 e. The minimum absolute atomic E-state index is 0.00903. The van der Waals surface area contributed by atoms with Gasteiger partial charge >= 0.3 is 0 Å². The molecule has 0 radical (unpaired) electrons. The number of rotatable bonds is 3. The summed E-state index contributed by atoms with van der Waals surface area (Å²) in [6.07, 6.45) is 5.02. The minimum Gasteiger partial charge on any atom is -0.387 e. The number of fused-ring (bicyclic) bond motifs is 4. The lowest BCUT2D eigenvalue weighted by atomic mass is 9.52. The van der Waals surface area contributed by atoms with Gasteiger partial charge in [-0.1, -0.05) is 0 Å². The third kappa shape index (κ3) is 1.89. The Morgan fingerprint density at radius 2 is 2.09 bits per heavy atom. The molecule has 0 aromatic rings. The van der Waals surface area contributed by atoms with Crippen molar-refractivity contribution < 1.29 is 24.5 Å². The smallest absolute Gasteiger partial charge is 0.146 e. The molecule has 0 aromatic carbocycles. The summed E-state index contributed by atoms with van der Waals surface area (Å²) in [5, 5.41) is 22.5. The van der Waals surface area contributed by atoms with Crippen molar-refractivity contribution in [2.75, 3.05) is 13.7 Å². The predicted octanol–water partition coefficient (Wildman–Crippen LogP) is 0.972. The van der Waals surface area contributed by atoms with Gasteiger partial charge in [-0.2, -0.15) is 0 Å². The van der Waals surface area contributed by atoms with E-state index in [4.69, 9.17) is 9.47 Å². The summed E-state index contributed by atoms with van der Waals surface area (Å²) in [6.45, 7) is 0.437. The van der Waals surface area contributed by atoms with Crippen molar-refractivity contribution >= 4 is 6.29 Å². The maximum Gasteiger partial charge on any atom is 0.146 e. The molecule has 4 aliphatic rings. The second-order valence-corrected chi connectivity index (χ2v) is 7.47. The molecule has 0 spiro atoms. The molecule has 22 heavy (non-hydrogen) atoms. The third-order valence-electron chi connectivity index (χ3n) is 6.54. The number of carbonyl (C=O) groups excluding carboxylic acids is 1. The molecule has 1 heterocycles. The highest BCUT2D eigenvalue weighted by atomic mass is 16.6. The maximum atomic E-state index is 11.4. The standard InChI is InChI=1S/C17H24O5/c1-21-9-12-10(8-18)2-3-13-11(12)4-5-16(19)6-14-15(22-14)7-17(13,16)20/h8,11,13-15,19-20H,2-7,9H2,1H3/t11?,13?,14?,15?,16-,17-/m1/s1. The van der Waals surface area contributed by atoms with E-state index in [-0.39, 0.29) is 24.0 Å². The summed E-state index contributed by atoms with van der Waals surface area (Å²) in [6, 6.07) is 0. The maximum absolute atomic E-state index is 11.4. The zero-order chi connectivity index (χ0) is 15.5. The van der Waals surface area contributed by atoms with Gasteiger partial charge in [0.05, 0.1) is 30.0 Å². The molecule has 5 nitrogen and oxygen atoms in total. The van der Waals surface area contributed by atoms with Crippen molar-refractivity contribution in [1.82, 2.24) is 0 Å². The van der Waals surface area contributed by atoms with Gasteiger partial charge in [-0.25, -0.2) is 0 Å². The molecule has 1 saturated heterocycles. The topological polar surface area (TPSA) is 79.3 Å². The SMILES string of the molecule is COCC1=C(C=O)CCC2C1CC[C@@]1(O)CC3OC3C[C@@]21O. The zero-order valence-corrected chi connectivity index (χ0v) is 13.0. The van der Waals surface area contributed by atoms with Crippen LogP contribution in [0.2, 0.25) is 0 Å². The molecular weight excluding hydrogens is 284 g/mol. The Bertz CT molecular complexity index is 529. The third-order valence-corrected chi connectivity index (χ3v) is 6.54. The molecular formula is C17H24O5. The number of ether oxygens (including phenoxy) is 2. The second-order valence-electron chi connectivity index (χ2n) is 7.47. The first kappa shape index (κ1) is 14.8. The Morgan fingerprint density at radius 3 is 2.82 bits per heavy atom. The van der Waals surface area contributed by atoms with Gasteiger partial charge < -0.3 is 19.7 Å². The zero-order valence-electron chi connectivity index (χ0n) is 13.0. The number of hydrogen-bond acceptors (Lipinski definition) is 5. The number of hydrogen-bond donors (Lipinski definition) is 2. The molecule has 4 unspecified atom stereocenters. The van der Waals surface area contributed by atoms with Gasteiger partial charge in [-0.3, -0.25) is 4.79 Å². The number of carbonyl (C=O) groups is 1. The van der Waals surface area contributed by atoms with Crippen LogP contribution in [0.5, 0.6) is 0 Å². The highest BCUT2D eigenvalue weighted by Gasteiger charge is 2.67. The summed E-state index contributed by atoms with van der Waals surface area (Å²) < 4.78 is 10.9. The Hall–Kier alpha value is -0.750. The molecule has 5 heteroatoms. The molecule has 0 amide bonds. The van der Waals surface area contributed by atoms with Crippen LogP contribution in [-0.4, -0.2) is 53.6 Å². The highest BCUT2D eigenvalue weighted by molar-refractivity contribution is 5.75. The first-order valence-corrected chi connectivity index (χ1v) is 8.28. The van der Waals surface area contributed by atoms with Crippen LogP contribution in [0.4, 0.5) is 0 Å². The number of allylic oxidation sites excluding steroid dienone is 1. The normalized spacial score (nSPS) is 50.0. The number of aliphatic hydroxyl groups is 2. The molecule has 3 aliphatic carbocycles. The lowest BCUT2D eigenvalue weighted by Gasteiger charge is -2.57. The van der Waals surface area contributed by atoms with Crippen molar-refractivity contribution in [2.24, 2.45) is 11.8 Å². The molecule has 3 fully saturated rings. The average Bonchev–Trinajstić information content (AvgIpc) is 3.22. The van der Waals surface area contributed by atoms with E-state index in [1.165, 1.54) is 0 Å². The Labute approximate surface area is 130 Å². The van der Waals surface area contributed by atoms with E-state index in [0.29, 0.717) is 32.3 Å². The van der Waals surface area contributed by atoms with Crippen LogP contribution in [0.3, 0.4) is 0 Å². The van der Waals surface area contributed by atoms with Crippen molar-refractivity contribution in [3.63, 3.8) is 0 Å². The van der Waals surface area contributed by atoms with Gasteiger partial charge in [0.1, 0.15) is 6.29 Å². The fourth-order valence-corrected chi connectivity index (χ4v) is 5.34. The molecule has 0 bridgehead atoms. The van der Waals surface area contributed by atoms with Crippen LogP contribution < -0.4 is 0 Å². The van der Waals surface area contributed by atoms with Crippen molar-refractivity contribution in [3.05, 3.63) is 11.1 Å². The van der Waals surface area contributed by atoms with E-state index in [2.05, 4.69) is 0 Å². The van der Waals surface area contributed by atoms with E-state index >= 15 is 0 Å². The van der Waals surface area contributed by atoms with Crippen LogP contribution in [0, 0.1) is 11.8 Å². The predicted molar refractivity (Wildman–Crippen MR) is 78.2 cm³/mol. The average molecular weight is 308 g/mol. The fourth-order valence-electron chi connectivity index (χ4n) is 5.34. The van der Waals surface area contributed by atoms with Crippen LogP contribution in [0.25, 0.3) is 0 Å². The van der Waals surface area contributed by atoms with Gasteiger partial charge in [0.25, 0.3) is 0 Å². The summed E-state index contributed by atoms with van der Waals surface area (Å²) in [5.74, 6) is 0.125. The second kappa shape index (κ2) is 4.87. The Kier molecular flexibility index (Phi) is 3.28. The number of aldehydes is 1. The highest BCUT2D eigenvalue weighted by Crippen LogP contribution is 2.60. The molecule has 2 saturated carbocycles. The molecule has 6 atom stereocenters. The van der Waals surface area contributed by atoms with Crippen LogP contribution in [0.15, 0.2) is 11.1 Å². The van der Waals surface area contributed by atoms with Crippen LogP contribution >= 0.6 is 0 Å². The van der Waals surface area contributed by atoms with E-state index in [1.54, 1.807) is 7.11 Å². The molecule has 4 rings (SSSR count). The quantitative estimate of drug-likeness (QED) is 0.600. The van der Waals surface area contributed by atoms with E-state index in [0.717, 1.165) is 30.3 Å². The Morgan fingerprint density at radius 1 is 1.32 bits per heavy atom. The van der Waals surface area contributed by atoms with Crippen molar-refractivity contribution in [1.29, 1.82) is 0 Å². The van der Waals surface area contributed by atoms with Gasteiger partial charge in [-0.05, 0) is 48.7 Å². The minimum atomic E-state index is -1.10. The number of methoxy groups -OCH3 is 1. The lowest BCUT2D eigenvalue weighted by Crippen LogP contribution is -2.66. The number of epoxide rings is 1. The van der Waals surface area contributed by atoms with Gasteiger partial charge in [0.2, 0.25) is 0 Å². The molecule has 122 valence electrons. The Balaban J connectivity index is 1.70. The monoisotopic (exact) mass is 308 g/mol. The van der Waals surface area contributed by atoms with Gasteiger partial charge in [0, 0.05) is 20.0 Å².